The number of hydrogen-bond acceptors (Lipinski definition) is 2. The number of piperidine rings is 1. The maximum Gasteiger partial charge on any atom is 0.165 e. The maximum absolute atomic E-state index is 11.9. The molecule has 2 nitrogen and oxygen atoms in total. The summed E-state index contributed by atoms with van der Waals surface area (Å²) in [6.07, 6.45) is 5.12. The summed E-state index contributed by atoms with van der Waals surface area (Å²) in [5.74, 6) is 0.307. The Labute approximate surface area is 116 Å². The fraction of sp³-hybridized carbons (Fsp3) is 0.588. The molecule has 19 heavy (non-hydrogen) atoms. The van der Waals surface area contributed by atoms with Crippen LogP contribution >= 0.6 is 0 Å². The van der Waals surface area contributed by atoms with Gasteiger partial charge < -0.3 is 4.90 Å². The SMILES string of the molecule is CCC1CCCCN1c1ccc(C(=O)C(C)C)cc1. The van der Waals surface area contributed by atoms with E-state index in [9.17, 15) is 4.79 Å². The van der Waals surface area contributed by atoms with Crippen molar-refractivity contribution in [3.63, 3.8) is 0 Å². The van der Waals surface area contributed by atoms with Crippen LogP contribution in [0.2, 0.25) is 0 Å². The first kappa shape index (κ1) is 14.1. The highest BCUT2D eigenvalue weighted by molar-refractivity contribution is 5.97. The molecule has 1 aromatic rings. The number of hydrogen-bond donors (Lipinski definition) is 0. The molecule has 1 heterocycles. The van der Waals surface area contributed by atoms with Gasteiger partial charge in [-0.2, -0.15) is 0 Å². The zero-order valence-electron chi connectivity index (χ0n) is 12.4. The molecule has 0 bridgehead atoms. The number of carbonyl (C=O) groups is 1. The van der Waals surface area contributed by atoms with Crippen molar-refractivity contribution in [2.24, 2.45) is 5.92 Å². The molecule has 1 aliphatic rings. The van der Waals surface area contributed by atoms with Gasteiger partial charge in [-0.25, -0.2) is 0 Å². The van der Waals surface area contributed by atoms with Gasteiger partial charge in [0.2, 0.25) is 0 Å². The van der Waals surface area contributed by atoms with Gasteiger partial charge in [-0.3, -0.25) is 4.79 Å². The standard InChI is InChI=1S/C17H25NO/c1-4-15-7-5-6-12-18(15)16-10-8-14(9-11-16)17(19)13(2)3/h8-11,13,15H,4-7,12H2,1-3H3. The van der Waals surface area contributed by atoms with E-state index in [2.05, 4.69) is 24.0 Å². The first-order valence-corrected chi connectivity index (χ1v) is 7.54. The van der Waals surface area contributed by atoms with E-state index < -0.39 is 0 Å². The maximum atomic E-state index is 11.9. The minimum Gasteiger partial charge on any atom is -0.369 e. The van der Waals surface area contributed by atoms with E-state index in [1.165, 1.54) is 31.4 Å². The third-order valence-corrected chi connectivity index (χ3v) is 4.11. The Morgan fingerprint density at radius 3 is 2.53 bits per heavy atom. The molecule has 0 spiro atoms. The van der Waals surface area contributed by atoms with E-state index in [-0.39, 0.29) is 11.7 Å². The Kier molecular flexibility index (Phi) is 4.62. The lowest BCUT2D eigenvalue weighted by Gasteiger charge is -2.37. The molecule has 1 fully saturated rings. The Morgan fingerprint density at radius 1 is 1.26 bits per heavy atom. The molecule has 1 atom stereocenters. The molecule has 1 aliphatic heterocycles. The Hall–Kier alpha value is -1.31. The molecular formula is C17H25NO. The van der Waals surface area contributed by atoms with Crippen LogP contribution < -0.4 is 4.90 Å². The highest BCUT2D eigenvalue weighted by Crippen LogP contribution is 2.27. The monoisotopic (exact) mass is 259 g/mol. The average molecular weight is 259 g/mol. The second-order valence-corrected chi connectivity index (χ2v) is 5.82. The number of anilines is 1. The average Bonchev–Trinajstić information content (AvgIpc) is 2.46. The molecule has 0 aliphatic carbocycles. The second-order valence-electron chi connectivity index (χ2n) is 5.82. The van der Waals surface area contributed by atoms with E-state index in [0.717, 1.165) is 12.1 Å². The van der Waals surface area contributed by atoms with Crippen molar-refractivity contribution >= 4 is 11.5 Å². The number of Topliss-reactive ketones (excluding diaryl/α,β-unsaturated/α-hetero) is 1. The van der Waals surface area contributed by atoms with Gasteiger partial charge in [-0.15, -0.1) is 0 Å². The van der Waals surface area contributed by atoms with Crippen LogP contribution in [0.25, 0.3) is 0 Å². The van der Waals surface area contributed by atoms with Crippen LogP contribution in [0.4, 0.5) is 5.69 Å². The summed E-state index contributed by atoms with van der Waals surface area (Å²) in [5.41, 5.74) is 2.11. The number of ketones is 1. The van der Waals surface area contributed by atoms with Gasteiger partial charge in [0.1, 0.15) is 0 Å². The van der Waals surface area contributed by atoms with Crippen molar-refractivity contribution in [1.29, 1.82) is 0 Å². The highest BCUT2D eigenvalue weighted by Gasteiger charge is 2.21. The van der Waals surface area contributed by atoms with Crippen LogP contribution in [0.3, 0.4) is 0 Å². The zero-order chi connectivity index (χ0) is 13.8. The minimum atomic E-state index is 0.0734. The molecule has 1 aromatic carbocycles. The molecule has 1 unspecified atom stereocenters. The van der Waals surface area contributed by atoms with E-state index in [1.54, 1.807) is 0 Å². The van der Waals surface area contributed by atoms with Gasteiger partial charge in [0, 0.05) is 29.8 Å². The van der Waals surface area contributed by atoms with Gasteiger partial charge in [0.05, 0.1) is 0 Å². The Morgan fingerprint density at radius 2 is 1.95 bits per heavy atom. The molecule has 1 saturated heterocycles. The number of benzene rings is 1. The number of rotatable bonds is 4. The van der Waals surface area contributed by atoms with Crippen molar-refractivity contribution in [2.45, 2.75) is 52.5 Å². The van der Waals surface area contributed by atoms with Gasteiger partial charge in [0.25, 0.3) is 0 Å². The quantitative estimate of drug-likeness (QED) is 0.752. The van der Waals surface area contributed by atoms with E-state index in [4.69, 9.17) is 0 Å². The summed E-state index contributed by atoms with van der Waals surface area (Å²) in [7, 11) is 0. The Bertz CT molecular complexity index is 421. The molecule has 0 radical (unpaired) electrons. The molecule has 2 heteroatoms. The highest BCUT2D eigenvalue weighted by atomic mass is 16.1. The normalized spacial score (nSPS) is 19.8. The van der Waals surface area contributed by atoms with Crippen LogP contribution in [-0.2, 0) is 0 Å². The fourth-order valence-corrected chi connectivity index (χ4v) is 2.92. The van der Waals surface area contributed by atoms with Crippen LogP contribution in [0.5, 0.6) is 0 Å². The predicted octanol–water partition coefficient (Wildman–Crippen LogP) is 4.29. The molecule has 104 valence electrons. The van der Waals surface area contributed by atoms with Crippen LogP contribution in [0.15, 0.2) is 24.3 Å². The predicted molar refractivity (Wildman–Crippen MR) is 80.9 cm³/mol. The molecule has 2 rings (SSSR count). The van der Waals surface area contributed by atoms with Gasteiger partial charge in [-0.05, 0) is 49.9 Å². The van der Waals surface area contributed by atoms with Crippen molar-refractivity contribution in [3.05, 3.63) is 29.8 Å². The fourth-order valence-electron chi connectivity index (χ4n) is 2.92. The van der Waals surface area contributed by atoms with Gasteiger partial charge in [0.15, 0.2) is 5.78 Å². The smallest absolute Gasteiger partial charge is 0.165 e. The summed E-state index contributed by atoms with van der Waals surface area (Å²) in [4.78, 5) is 14.4. The largest absolute Gasteiger partial charge is 0.369 e. The topological polar surface area (TPSA) is 20.3 Å². The van der Waals surface area contributed by atoms with Crippen molar-refractivity contribution in [1.82, 2.24) is 0 Å². The van der Waals surface area contributed by atoms with E-state index in [0.29, 0.717) is 6.04 Å². The summed E-state index contributed by atoms with van der Waals surface area (Å²) in [5, 5.41) is 0. The first-order valence-electron chi connectivity index (χ1n) is 7.54. The number of carbonyl (C=O) groups excluding carboxylic acids is 1. The first-order chi connectivity index (χ1) is 9.13. The van der Waals surface area contributed by atoms with E-state index >= 15 is 0 Å². The van der Waals surface area contributed by atoms with Crippen molar-refractivity contribution in [2.75, 3.05) is 11.4 Å². The third-order valence-electron chi connectivity index (χ3n) is 4.11. The van der Waals surface area contributed by atoms with Crippen LogP contribution in [0, 0.1) is 5.92 Å². The third kappa shape index (κ3) is 3.17. The zero-order valence-corrected chi connectivity index (χ0v) is 12.4. The molecule has 0 saturated carbocycles. The minimum absolute atomic E-state index is 0.0734. The summed E-state index contributed by atoms with van der Waals surface area (Å²) in [6, 6.07) is 8.87. The van der Waals surface area contributed by atoms with Crippen LogP contribution in [0.1, 0.15) is 56.8 Å². The lowest BCUT2D eigenvalue weighted by Crippen LogP contribution is -2.39. The lowest BCUT2D eigenvalue weighted by atomic mass is 9.97. The number of nitrogens with zero attached hydrogens (tertiary/aromatic N) is 1. The molecular weight excluding hydrogens is 234 g/mol. The van der Waals surface area contributed by atoms with E-state index in [1.807, 2.05) is 26.0 Å². The summed E-state index contributed by atoms with van der Waals surface area (Å²) >= 11 is 0. The van der Waals surface area contributed by atoms with Gasteiger partial charge in [-0.1, -0.05) is 20.8 Å². The second kappa shape index (κ2) is 6.23. The van der Waals surface area contributed by atoms with Crippen molar-refractivity contribution in [3.8, 4) is 0 Å². The Balaban J connectivity index is 2.15. The molecule has 0 amide bonds. The molecule has 0 N–H and O–H groups in total. The van der Waals surface area contributed by atoms with Crippen molar-refractivity contribution < 1.29 is 4.79 Å². The summed E-state index contributed by atoms with van der Waals surface area (Å²) < 4.78 is 0. The van der Waals surface area contributed by atoms with Crippen LogP contribution in [-0.4, -0.2) is 18.4 Å². The lowest BCUT2D eigenvalue weighted by molar-refractivity contribution is 0.0939. The van der Waals surface area contributed by atoms with Gasteiger partial charge >= 0.3 is 0 Å². The summed E-state index contributed by atoms with van der Waals surface area (Å²) in [6.45, 7) is 7.32. The molecule has 0 aromatic heterocycles.